The zero-order chi connectivity index (χ0) is 13.2. The number of phenolic OH excluding ortho intramolecular Hbond substituents is 1. The maximum absolute atomic E-state index is 9.68. The monoisotopic (exact) mass is 317 g/mol. The molecule has 19 heavy (non-hydrogen) atoms. The quantitative estimate of drug-likeness (QED) is 0.845. The molecule has 0 saturated heterocycles. The lowest BCUT2D eigenvalue weighted by Crippen LogP contribution is -2.17. The highest BCUT2D eigenvalue weighted by Crippen LogP contribution is 2.34. The van der Waals surface area contributed by atoms with Crippen molar-refractivity contribution in [2.45, 2.75) is 25.3 Å². The first-order valence-electron chi connectivity index (χ1n) is 6.56. The average molecular weight is 318 g/mol. The van der Waals surface area contributed by atoms with Crippen molar-refractivity contribution in [3.63, 3.8) is 0 Å². The number of nitrogens with one attached hydrogen (secondary N) is 1. The molecular weight excluding hydrogens is 302 g/mol. The van der Waals surface area contributed by atoms with Gasteiger partial charge < -0.3 is 10.4 Å². The van der Waals surface area contributed by atoms with Crippen molar-refractivity contribution in [1.29, 1.82) is 0 Å². The van der Waals surface area contributed by atoms with Crippen LogP contribution in [0.4, 0.5) is 5.69 Å². The van der Waals surface area contributed by atoms with E-state index >= 15 is 0 Å². The Morgan fingerprint density at radius 2 is 2.05 bits per heavy atom. The Morgan fingerprint density at radius 1 is 1.16 bits per heavy atom. The largest absolute Gasteiger partial charge is 0.508 e. The highest BCUT2D eigenvalue weighted by Gasteiger charge is 2.20. The van der Waals surface area contributed by atoms with Crippen molar-refractivity contribution in [3.05, 3.63) is 58.1 Å². The normalized spacial score (nSPS) is 17.8. The van der Waals surface area contributed by atoms with Gasteiger partial charge >= 0.3 is 0 Å². The first-order chi connectivity index (χ1) is 9.22. The second-order valence-electron chi connectivity index (χ2n) is 4.98. The molecule has 2 aromatic carbocycles. The van der Waals surface area contributed by atoms with Crippen LogP contribution in [0.5, 0.6) is 5.75 Å². The van der Waals surface area contributed by atoms with E-state index in [1.807, 2.05) is 24.3 Å². The first-order valence-corrected chi connectivity index (χ1v) is 7.35. The van der Waals surface area contributed by atoms with Crippen molar-refractivity contribution in [1.82, 2.24) is 0 Å². The number of aryl methyl sites for hydroxylation is 1. The van der Waals surface area contributed by atoms with Crippen LogP contribution in [0.2, 0.25) is 0 Å². The summed E-state index contributed by atoms with van der Waals surface area (Å²) in [5.41, 5.74) is 3.68. The summed E-state index contributed by atoms with van der Waals surface area (Å²) in [6.07, 6.45) is 3.39. The molecule has 1 atom stereocenters. The highest BCUT2D eigenvalue weighted by molar-refractivity contribution is 9.10. The van der Waals surface area contributed by atoms with Crippen LogP contribution in [-0.2, 0) is 6.42 Å². The van der Waals surface area contributed by atoms with Gasteiger partial charge in [0.15, 0.2) is 0 Å². The predicted octanol–water partition coefficient (Wildman–Crippen LogP) is 4.64. The van der Waals surface area contributed by atoms with Gasteiger partial charge in [0.25, 0.3) is 0 Å². The van der Waals surface area contributed by atoms with E-state index < -0.39 is 0 Å². The van der Waals surface area contributed by atoms with E-state index in [1.54, 1.807) is 6.07 Å². The third-order valence-corrected chi connectivity index (χ3v) is 4.10. The molecule has 2 N–H and O–H groups in total. The van der Waals surface area contributed by atoms with E-state index in [-0.39, 0.29) is 6.04 Å². The lowest BCUT2D eigenvalue weighted by molar-refractivity contribution is 0.471. The van der Waals surface area contributed by atoms with Crippen molar-refractivity contribution in [2.24, 2.45) is 0 Å². The van der Waals surface area contributed by atoms with Crippen LogP contribution >= 0.6 is 15.9 Å². The number of hydrogen-bond donors (Lipinski definition) is 2. The van der Waals surface area contributed by atoms with Crippen LogP contribution in [0.3, 0.4) is 0 Å². The van der Waals surface area contributed by atoms with Gasteiger partial charge in [-0.2, -0.15) is 0 Å². The van der Waals surface area contributed by atoms with E-state index in [4.69, 9.17) is 0 Å². The smallest absolute Gasteiger partial charge is 0.115 e. The molecule has 0 radical (unpaired) electrons. The van der Waals surface area contributed by atoms with Gasteiger partial charge in [-0.15, -0.1) is 0 Å². The van der Waals surface area contributed by atoms with Crippen LogP contribution in [-0.4, -0.2) is 5.11 Å². The SMILES string of the molecule is Oc1ccc2c(c1)C(Nc1cccc(Br)c1)CCC2. The van der Waals surface area contributed by atoms with Crippen LogP contribution in [0, 0.1) is 0 Å². The second-order valence-corrected chi connectivity index (χ2v) is 5.90. The Bertz CT molecular complexity index is 597. The van der Waals surface area contributed by atoms with E-state index in [2.05, 4.69) is 33.4 Å². The van der Waals surface area contributed by atoms with Gasteiger partial charge in [0.05, 0.1) is 6.04 Å². The van der Waals surface area contributed by atoms with Gasteiger partial charge in [-0.1, -0.05) is 28.1 Å². The standard InChI is InChI=1S/C16H16BrNO/c17-12-4-2-5-13(9-12)18-16-6-1-3-11-7-8-14(19)10-15(11)16/h2,4-5,7-10,16,18-19H,1,3,6H2. The van der Waals surface area contributed by atoms with Crippen LogP contribution in [0.15, 0.2) is 46.9 Å². The molecule has 0 heterocycles. The molecule has 2 aromatic rings. The maximum Gasteiger partial charge on any atom is 0.115 e. The summed E-state index contributed by atoms with van der Waals surface area (Å²) in [5.74, 6) is 0.349. The van der Waals surface area contributed by atoms with Crippen molar-refractivity contribution < 1.29 is 5.11 Å². The fraction of sp³-hybridized carbons (Fsp3) is 0.250. The molecule has 0 amide bonds. The number of phenols is 1. The summed E-state index contributed by atoms with van der Waals surface area (Å²) >= 11 is 3.49. The van der Waals surface area contributed by atoms with E-state index in [1.165, 1.54) is 17.5 Å². The number of anilines is 1. The van der Waals surface area contributed by atoms with Gasteiger partial charge in [0, 0.05) is 10.2 Å². The molecule has 0 spiro atoms. The summed E-state index contributed by atoms with van der Waals surface area (Å²) in [5, 5.41) is 13.2. The fourth-order valence-electron chi connectivity index (χ4n) is 2.72. The number of aromatic hydroxyl groups is 1. The molecule has 1 unspecified atom stereocenters. The molecule has 1 aliphatic rings. The Kier molecular flexibility index (Phi) is 3.47. The third kappa shape index (κ3) is 2.76. The topological polar surface area (TPSA) is 32.3 Å². The minimum Gasteiger partial charge on any atom is -0.508 e. The van der Waals surface area contributed by atoms with Gasteiger partial charge in [0.2, 0.25) is 0 Å². The van der Waals surface area contributed by atoms with Gasteiger partial charge in [-0.3, -0.25) is 0 Å². The number of benzene rings is 2. The lowest BCUT2D eigenvalue weighted by atomic mass is 9.87. The molecule has 2 nitrogen and oxygen atoms in total. The molecule has 0 aliphatic heterocycles. The zero-order valence-corrected chi connectivity index (χ0v) is 12.2. The predicted molar refractivity (Wildman–Crippen MR) is 81.6 cm³/mol. The van der Waals surface area contributed by atoms with Crippen LogP contribution in [0.25, 0.3) is 0 Å². The zero-order valence-electron chi connectivity index (χ0n) is 10.6. The summed E-state index contributed by atoms with van der Waals surface area (Å²) in [4.78, 5) is 0. The Morgan fingerprint density at radius 3 is 2.89 bits per heavy atom. The Balaban J connectivity index is 1.89. The molecule has 3 rings (SSSR count). The fourth-order valence-corrected chi connectivity index (χ4v) is 3.12. The number of hydrogen-bond acceptors (Lipinski definition) is 2. The summed E-state index contributed by atoms with van der Waals surface area (Å²) in [6, 6.07) is 14.2. The van der Waals surface area contributed by atoms with Gasteiger partial charge in [0.1, 0.15) is 5.75 Å². The Hall–Kier alpha value is -1.48. The number of halogens is 1. The first kappa shape index (κ1) is 12.5. The highest BCUT2D eigenvalue weighted by atomic mass is 79.9. The lowest BCUT2D eigenvalue weighted by Gasteiger charge is -2.27. The second kappa shape index (κ2) is 5.25. The minimum absolute atomic E-state index is 0.283. The number of rotatable bonds is 2. The molecular formula is C16H16BrNO. The van der Waals surface area contributed by atoms with Crippen molar-refractivity contribution in [2.75, 3.05) is 5.32 Å². The van der Waals surface area contributed by atoms with Gasteiger partial charge in [-0.25, -0.2) is 0 Å². The van der Waals surface area contributed by atoms with Gasteiger partial charge in [-0.05, 0) is 60.7 Å². The summed E-state index contributed by atoms with van der Waals surface area (Å²) < 4.78 is 1.07. The summed E-state index contributed by atoms with van der Waals surface area (Å²) in [6.45, 7) is 0. The molecule has 0 fully saturated rings. The molecule has 0 aromatic heterocycles. The number of fused-ring (bicyclic) bond motifs is 1. The molecule has 98 valence electrons. The molecule has 0 saturated carbocycles. The van der Waals surface area contributed by atoms with Crippen LogP contribution < -0.4 is 5.32 Å². The van der Waals surface area contributed by atoms with Crippen molar-refractivity contribution in [3.8, 4) is 5.75 Å². The van der Waals surface area contributed by atoms with E-state index in [0.29, 0.717) is 5.75 Å². The van der Waals surface area contributed by atoms with E-state index in [0.717, 1.165) is 23.0 Å². The molecule has 1 aliphatic carbocycles. The maximum atomic E-state index is 9.68. The van der Waals surface area contributed by atoms with E-state index in [9.17, 15) is 5.11 Å². The minimum atomic E-state index is 0.283. The summed E-state index contributed by atoms with van der Waals surface area (Å²) in [7, 11) is 0. The average Bonchev–Trinajstić information content (AvgIpc) is 2.39. The third-order valence-electron chi connectivity index (χ3n) is 3.61. The molecule has 0 bridgehead atoms. The van der Waals surface area contributed by atoms with Crippen LogP contribution in [0.1, 0.15) is 30.0 Å². The molecule has 3 heteroatoms. The Labute approximate surface area is 121 Å². The van der Waals surface area contributed by atoms with Crippen molar-refractivity contribution >= 4 is 21.6 Å².